The normalized spacial score (nSPS) is 12.5. The van der Waals surface area contributed by atoms with Crippen molar-refractivity contribution < 1.29 is 24.5 Å². The number of ether oxygens (including phenoxy) is 1. The van der Waals surface area contributed by atoms with Crippen LogP contribution in [0.5, 0.6) is 0 Å². The fourth-order valence-corrected chi connectivity index (χ4v) is 10.9. The summed E-state index contributed by atoms with van der Waals surface area (Å²) in [5.74, 6) is -0.0390. The number of nitrogens with one attached hydrogen (secondary N) is 1. The van der Waals surface area contributed by atoms with E-state index in [0.29, 0.717) is 25.9 Å². The minimum Gasteiger partial charge on any atom is -0.466 e. The average molecular weight is 1040 g/mol. The lowest BCUT2D eigenvalue weighted by Crippen LogP contribution is -2.45. The van der Waals surface area contributed by atoms with Crippen molar-refractivity contribution in [2.24, 2.45) is 0 Å². The molecule has 0 aliphatic carbocycles. The van der Waals surface area contributed by atoms with E-state index in [1.54, 1.807) is 0 Å². The third-order valence-corrected chi connectivity index (χ3v) is 16.1. The Bertz CT molecular complexity index is 1110. The molecule has 74 heavy (non-hydrogen) atoms. The SMILES string of the molecule is CCCCCCCCCCCCCCCCCCCCCCCCCCC(O)C(CO)NC(=O)CCCCCCCCC/C=C\CCCCCCCCOC(=O)CCCCCCCCCCCCCCCCCC. The Morgan fingerprint density at radius 3 is 0.959 bits per heavy atom. The molecule has 2 atom stereocenters. The molecule has 2 unspecified atom stereocenters. The van der Waals surface area contributed by atoms with Gasteiger partial charge in [-0.1, -0.05) is 334 Å². The summed E-state index contributed by atoms with van der Waals surface area (Å²) >= 11 is 0. The fourth-order valence-electron chi connectivity index (χ4n) is 10.9. The Morgan fingerprint density at radius 2 is 0.635 bits per heavy atom. The Labute approximate surface area is 463 Å². The Morgan fingerprint density at radius 1 is 0.365 bits per heavy atom. The summed E-state index contributed by atoms with van der Waals surface area (Å²) in [6.45, 7) is 4.98. The van der Waals surface area contributed by atoms with Crippen LogP contribution in [-0.2, 0) is 14.3 Å². The standard InChI is InChI=1S/C68H133NO5/c1-3-5-7-9-11-13-15-17-19-21-22-23-24-25-26-27-29-32-36-40-44-48-52-56-60-66(71)65(64-70)69-67(72)61-57-53-49-45-41-37-33-30-28-31-35-39-43-47-51-55-59-63-74-68(73)62-58-54-50-46-42-38-34-20-18-16-14-12-10-8-6-4-2/h28,31,65-66,70-71H,3-27,29-30,32-64H2,1-2H3,(H,69,72)/b31-28-. The third kappa shape index (κ3) is 59.8. The highest BCUT2D eigenvalue weighted by atomic mass is 16.5. The van der Waals surface area contributed by atoms with Gasteiger partial charge in [0.05, 0.1) is 25.4 Å². The second-order valence-corrected chi connectivity index (χ2v) is 23.5. The van der Waals surface area contributed by atoms with E-state index in [-0.39, 0.29) is 18.5 Å². The number of hydrogen-bond donors (Lipinski definition) is 3. The van der Waals surface area contributed by atoms with Crippen LogP contribution in [0.2, 0.25) is 0 Å². The lowest BCUT2D eigenvalue weighted by Gasteiger charge is -2.22. The van der Waals surface area contributed by atoms with Crippen molar-refractivity contribution in [3.63, 3.8) is 0 Å². The molecule has 0 aromatic heterocycles. The molecular formula is C68H133NO5. The fraction of sp³-hybridized carbons (Fsp3) is 0.941. The summed E-state index contributed by atoms with van der Waals surface area (Å²) in [5, 5.41) is 23.4. The lowest BCUT2D eigenvalue weighted by atomic mass is 10.0. The van der Waals surface area contributed by atoms with Gasteiger partial charge in [-0.2, -0.15) is 0 Å². The van der Waals surface area contributed by atoms with E-state index in [9.17, 15) is 19.8 Å². The minimum atomic E-state index is -0.673. The topological polar surface area (TPSA) is 95.9 Å². The van der Waals surface area contributed by atoms with Crippen LogP contribution in [0, 0.1) is 0 Å². The summed E-state index contributed by atoms with van der Waals surface area (Å²) in [4.78, 5) is 24.6. The molecule has 0 radical (unpaired) electrons. The maximum Gasteiger partial charge on any atom is 0.305 e. The van der Waals surface area contributed by atoms with Crippen molar-refractivity contribution >= 4 is 11.9 Å². The van der Waals surface area contributed by atoms with Gasteiger partial charge >= 0.3 is 5.97 Å². The molecule has 6 nitrogen and oxygen atoms in total. The predicted octanol–water partition coefficient (Wildman–Crippen LogP) is 21.6. The number of rotatable bonds is 64. The molecule has 1 amide bonds. The first-order valence-corrected chi connectivity index (χ1v) is 33.9. The van der Waals surface area contributed by atoms with Gasteiger partial charge in [0.25, 0.3) is 0 Å². The molecule has 3 N–H and O–H groups in total. The van der Waals surface area contributed by atoms with E-state index in [4.69, 9.17) is 4.74 Å². The summed E-state index contributed by atoms with van der Waals surface area (Å²) < 4.78 is 5.49. The summed E-state index contributed by atoms with van der Waals surface area (Å²) in [7, 11) is 0. The quantitative estimate of drug-likeness (QED) is 0.0320. The van der Waals surface area contributed by atoms with Crippen molar-refractivity contribution in [3.8, 4) is 0 Å². The van der Waals surface area contributed by atoms with Gasteiger partial charge in [-0.15, -0.1) is 0 Å². The Kier molecular flexibility index (Phi) is 62.9. The number of carbonyl (C=O) groups excluding carboxylic acids is 2. The van der Waals surface area contributed by atoms with Crippen molar-refractivity contribution in [2.45, 2.75) is 398 Å². The van der Waals surface area contributed by atoms with E-state index in [1.165, 1.54) is 302 Å². The van der Waals surface area contributed by atoms with Crippen LogP contribution < -0.4 is 5.32 Å². The molecule has 0 spiro atoms. The molecule has 0 aliphatic heterocycles. The molecule has 0 saturated heterocycles. The monoisotopic (exact) mass is 1040 g/mol. The smallest absolute Gasteiger partial charge is 0.305 e. The molecule has 0 aliphatic rings. The first-order chi connectivity index (χ1) is 36.5. The highest BCUT2D eigenvalue weighted by Gasteiger charge is 2.20. The van der Waals surface area contributed by atoms with Gasteiger partial charge in [0.15, 0.2) is 0 Å². The summed E-state index contributed by atoms with van der Waals surface area (Å²) in [6, 6.07) is -0.551. The first kappa shape index (κ1) is 72.6. The minimum absolute atomic E-state index is 0.00303. The third-order valence-electron chi connectivity index (χ3n) is 16.1. The van der Waals surface area contributed by atoms with Gasteiger partial charge in [-0.25, -0.2) is 0 Å². The molecule has 0 bridgehead atoms. The second kappa shape index (κ2) is 64.1. The van der Waals surface area contributed by atoms with Gasteiger partial charge < -0.3 is 20.3 Å². The van der Waals surface area contributed by atoms with Crippen LogP contribution >= 0.6 is 0 Å². The first-order valence-electron chi connectivity index (χ1n) is 33.9. The largest absolute Gasteiger partial charge is 0.466 e. The zero-order valence-corrected chi connectivity index (χ0v) is 50.4. The van der Waals surface area contributed by atoms with Crippen molar-refractivity contribution in [2.75, 3.05) is 13.2 Å². The Balaban J connectivity index is 3.43. The van der Waals surface area contributed by atoms with Crippen molar-refractivity contribution in [1.82, 2.24) is 5.32 Å². The van der Waals surface area contributed by atoms with Crippen LogP contribution in [0.25, 0.3) is 0 Å². The number of allylic oxidation sites excluding steroid dienone is 2. The summed E-state index contributed by atoms with van der Waals surface area (Å²) in [5.41, 5.74) is 0. The van der Waals surface area contributed by atoms with Gasteiger partial charge in [-0.05, 0) is 51.4 Å². The number of carbonyl (C=O) groups is 2. The zero-order chi connectivity index (χ0) is 53.6. The van der Waals surface area contributed by atoms with Crippen LogP contribution in [0.3, 0.4) is 0 Å². The van der Waals surface area contributed by atoms with Gasteiger partial charge in [0.1, 0.15) is 0 Å². The van der Waals surface area contributed by atoms with Gasteiger partial charge in [-0.3, -0.25) is 9.59 Å². The number of aliphatic hydroxyl groups excluding tert-OH is 2. The highest BCUT2D eigenvalue weighted by Crippen LogP contribution is 2.19. The van der Waals surface area contributed by atoms with Gasteiger partial charge in [0, 0.05) is 12.8 Å². The van der Waals surface area contributed by atoms with E-state index < -0.39 is 12.1 Å². The van der Waals surface area contributed by atoms with E-state index >= 15 is 0 Å². The van der Waals surface area contributed by atoms with E-state index in [2.05, 4.69) is 31.3 Å². The zero-order valence-electron chi connectivity index (χ0n) is 50.4. The molecule has 0 aromatic carbocycles. The molecular weight excluding hydrogens is 911 g/mol. The van der Waals surface area contributed by atoms with E-state index in [1.807, 2.05) is 0 Å². The number of aliphatic hydroxyl groups is 2. The molecule has 0 rings (SSSR count). The lowest BCUT2D eigenvalue weighted by molar-refractivity contribution is -0.143. The number of unbranched alkanes of at least 4 members (excludes halogenated alkanes) is 51. The maximum atomic E-state index is 12.5. The van der Waals surface area contributed by atoms with E-state index in [0.717, 1.165) is 51.4 Å². The number of amides is 1. The molecule has 440 valence electrons. The molecule has 0 fully saturated rings. The number of esters is 1. The number of hydrogen-bond acceptors (Lipinski definition) is 5. The maximum absolute atomic E-state index is 12.5. The molecule has 0 saturated carbocycles. The van der Waals surface area contributed by atoms with Gasteiger partial charge in [0.2, 0.25) is 5.91 Å². The predicted molar refractivity (Wildman–Crippen MR) is 324 cm³/mol. The van der Waals surface area contributed by atoms with Crippen LogP contribution in [0.1, 0.15) is 386 Å². The van der Waals surface area contributed by atoms with Crippen LogP contribution in [0.4, 0.5) is 0 Å². The molecule has 0 aromatic rings. The highest BCUT2D eigenvalue weighted by molar-refractivity contribution is 5.76. The molecule has 6 heteroatoms. The Hall–Kier alpha value is -1.40. The summed E-state index contributed by atoms with van der Waals surface area (Å²) in [6.07, 6.45) is 78.1. The second-order valence-electron chi connectivity index (χ2n) is 23.5. The average Bonchev–Trinajstić information content (AvgIpc) is 3.40. The van der Waals surface area contributed by atoms with Crippen LogP contribution in [-0.4, -0.2) is 47.4 Å². The molecule has 0 heterocycles. The van der Waals surface area contributed by atoms with Crippen LogP contribution in [0.15, 0.2) is 12.2 Å². The van der Waals surface area contributed by atoms with Crippen molar-refractivity contribution in [1.29, 1.82) is 0 Å². The van der Waals surface area contributed by atoms with Crippen molar-refractivity contribution in [3.05, 3.63) is 12.2 Å².